The Kier molecular flexibility index (Phi) is 5.59. The summed E-state index contributed by atoms with van der Waals surface area (Å²) in [5, 5.41) is 7.58. The van der Waals surface area contributed by atoms with Gasteiger partial charge in [-0.3, -0.25) is 9.69 Å². The molecule has 33 heavy (non-hydrogen) atoms. The van der Waals surface area contributed by atoms with Gasteiger partial charge in [0.2, 0.25) is 5.91 Å². The maximum absolute atomic E-state index is 13.8. The standard InChI is InChI=1S/C25H21BrClN3O2S/c1-14-4-3-5-18(12-14)30-24(33)29-22-19-13-15(26)6-11-20(19)32-25(30,2)21(22)23(31)28-17-9-7-16(27)8-10-17/h3-13,21-22H,1-2H3,(H,28,31)(H,29,33)/t21-,22-,25+/m0/s1. The summed E-state index contributed by atoms with van der Waals surface area (Å²) in [6.45, 7) is 3.95. The van der Waals surface area contributed by atoms with Crippen molar-refractivity contribution in [2.24, 2.45) is 5.92 Å². The lowest BCUT2D eigenvalue weighted by atomic mass is 9.78. The van der Waals surface area contributed by atoms with Gasteiger partial charge in [-0.2, -0.15) is 0 Å². The number of aryl methyl sites for hydroxylation is 1. The van der Waals surface area contributed by atoms with Crippen molar-refractivity contribution in [1.29, 1.82) is 0 Å². The topological polar surface area (TPSA) is 53.6 Å². The van der Waals surface area contributed by atoms with Crippen molar-refractivity contribution in [2.75, 3.05) is 10.2 Å². The van der Waals surface area contributed by atoms with Crippen molar-refractivity contribution >= 4 is 62.1 Å². The number of ether oxygens (including phenoxy) is 1. The predicted molar refractivity (Wildman–Crippen MR) is 139 cm³/mol. The molecule has 1 amide bonds. The van der Waals surface area contributed by atoms with E-state index in [0.717, 1.165) is 21.3 Å². The minimum Gasteiger partial charge on any atom is -0.467 e. The Hall–Kier alpha value is -2.61. The first kappa shape index (κ1) is 22.2. The van der Waals surface area contributed by atoms with Gasteiger partial charge in [0, 0.05) is 26.4 Å². The highest BCUT2D eigenvalue weighted by Crippen LogP contribution is 2.50. The Bertz CT molecular complexity index is 1270. The Morgan fingerprint density at radius 2 is 1.94 bits per heavy atom. The van der Waals surface area contributed by atoms with E-state index in [1.165, 1.54) is 0 Å². The molecule has 3 atom stereocenters. The van der Waals surface area contributed by atoms with E-state index in [1.54, 1.807) is 24.3 Å². The first-order valence-electron chi connectivity index (χ1n) is 10.5. The van der Waals surface area contributed by atoms with E-state index in [2.05, 4.69) is 26.6 Å². The lowest BCUT2D eigenvalue weighted by Gasteiger charge is -2.56. The third-order valence-corrected chi connectivity index (χ3v) is 7.16. The number of carbonyl (C=O) groups excluding carboxylic acids is 1. The number of amides is 1. The van der Waals surface area contributed by atoms with Crippen LogP contribution in [0.4, 0.5) is 11.4 Å². The molecule has 0 saturated carbocycles. The maximum Gasteiger partial charge on any atom is 0.236 e. The Balaban J connectivity index is 1.63. The van der Waals surface area contributed by atoms with Crippen molar-refractivity contribution in [1.82, 2.24) is 5.32 Å². The molecule has 5 nitrogen and oxygen atoms in total. The van der Waals surface area contributed by atoms with Gasteiger partial charge in [0.15, 0.2) is 10.8 Å². The maximum atomic E-state index is 13.8. The fourth-order valence-corrected chi connectivity index (χ4v) is 5.58. The second-order valence-corrected chi connectivity index (χ2v) is 10.2. The Labute approximate surface area is 211 Å². The molecular weight excluding hydrogens is 522 g/mol. The Morgan fingerprint density at radius 1 is 1.18 bits per heavy atom. The molecule has 168 valence electrons. The highest BCUT2D eigenvalue weighted by Gasteiger charge is 2.59. The molecule has 8 heteroatoms. The van der Waals surface area contributed by atoms with Gasteiger partial charge in [0.05, 0.1) is 6.04 Å². The number of rotatable bonds is 3. The van der Waals surface area contributed by atoms with Gasteiger partial charge in [0.25, 0.3) is 0 Å². The van der Waals surface area contributed by atoms with E-state index in [1.807, 2.05) is 61.2 Å². The number of nitrogens with zero attached hydrogens (tertiary/aromatic N) is 1. The van der Waals surface area contributed by atoms with Gasteiger partial charge < -0.3 is 15.4 Å². The molecule has 3 aromatic rings. The van der Waals surface area contributed by atoms with Gasteiger partial charge in [-0.05, 0) is 86.2 Å². The molecule has 0 aliphatic carbocycles. The number of fused-ring (bicyclic) bond motifs is 4. The van der Waals surface area contributed by atoms with Crippen LogP contribution in [0.25, 0.3) is 0 Å². The van der Waals surface area contributed by atoms with Crippen molar-refractivity contribution in [3.8, 4) is 5.75 Å². The summed E-state index contributed by atoms with van der Waals surface area (Å²) in [6.07, 6.45) is 0. The van der Waals surface area contributed by atoms with Crippen LogP contribution in [0.1, 0.15) is 24.1 Å². The quantitative estimate of drug-likeness (QED) is 0.386. The summed E-state index contributed by atoms with van der Waals surface area (Å²) in [4.78, 5) is 15.7. The van der Waals surface area contributed by atoms with Crippen molar-refractivity contribution in [3.05, 3.63) is 87.4 Å². The molecule has 2 bridgehead atoms. The summed E-state index contributed by atoms with van der Waals surface area (Å²) >= 11 is 15.4. The van der Waals surface area contributed by atoms with E-state index >= 15 is 0 Å². The molecule has 3 aromatic carbocycles. The average molecular weight is 543 g/mol. The Morgan fingerprint density at radius 3 is 2.67 bits per heavy atom. The van der Waals surface area contributed by atoms with Gasteiger partial charge in [-0.1, -0.05) is 39.7 Å². The fraction of sp³-hybridized carbons (Fsp3) is 0.200. The minimum atomic E-state index is -1.06. The van der Waals surface area contributed by atoms with Crippen molar-refractivity contribution in [3.63, 3.8) is 0 Å². The number of anilines is 2. The summed E-state index contributed by atoms with van der Waals surface area (Å²) in [5.74, 6) is -0.0702. The predicted octanol–water partition coefficient (Wildman–Crippen LogP) is 6.21. The van der Waals surface area contributed by atoms with Gasteiger partial charge in [-0.25, -0.2) is 0 Å². The minimum absolute atomic E-state index is 0.178. The zero-order valence-corrected chi connectivity index (χ0v) is 21.1. The van der Waals surface area contributed by atoms with Gasteiger partial charge in [-0.15, -0.1) is 0 Å². The SMILES string of the molecule is Cc1cccc(N2C(=S)N[C@H]3c4cc(Br)ccc4O[C@]2(C)[C@@H]3C(=O)Nc2ccc(Cl)cc2)c1. The van der Waals surface area contributed by atoms with Crippen molar-refractivity contribution in [2.45, 2.75) is 25.6 Å². The van der Waals surface area contributed by atoms with E-state index in [9.17, 15) is 4.79 Å². The monoisotopic (exact) mass is 541 g/mol. The largest absolute Gasteiger partial charge is 0.467 e. The van der Waals surface area contributed by atoms with E-state index in [0.29, 0.717) is 21.6 Å². The van der Waals surface area contributed by atoms with Crippen LogP contribution in [-0.4, -0.2) is 16.7 Å². The van der Waals surface area contributed by atoms with E-state index in [4.69, 9.17) is 28.6 Å². The molecule has 1 fully saturated rings. The smallest absolute Gasteiger partial charge is 0.236 e. The van der Waals surface area contributed by atoms with Crippen LogP contribution in [0.2, 0.25) is 5.02 Å². The molecule has 0 spiro atoms. The molecule has 5 rings (SSSR count). The lowest BCUT2D eigenvalue weighted by molar-refractivity contribution is -0.130. The molecule has 0 unspecified atom stereocenters. The van der Waals surface area contributed by atoms with Crippen LogP contribution in [0.5, 0.6) is 5.75 Å². The number of carbonyl (C=O) groups is 1. The first-order valence-corrected chi connectivity index (χ1v) is 12.1. The molecule has 2 aliphatic heterocycles. The van der Waals surface area contributed by atoms with Crippen LogP contribution in [0, 0.1) is 12.8 Å². The first-order chi connectivity index (χ1) is 15.8. The zero-order chi connectivity index (χ0) is 23.3. The fourth-order valence-electron chi connectivity index (χ4n) is 4.66. The van der Waals surface area contributed by atoms with Crippen LogP contribution in [-0.2, 0) is 4.79 Å². The third kappa shape index (κ3) is 3.88. The highest BCUT2D eigenvalue weighted by molar-refractivity contribution is 9.10. The third-order valence-electron chi connectivity index (χ3n) is 6.11. The number of hydrogen-bond acceptors (Lipinski definition) is 3. The molecule has 2 N–H and O–H groups in total. The number of benzene rings is 3. The number of thiocarbonyl (C=S) groups is 1. The molecule has 2 aliphatic rings. The van der Waals surface area contributed by atoms with Crippen LogP contribution in [0.3, 0.4) is 0 Å². The average Bonchev–Trinajstić information content (AvgIpc) is 2.75. The number of hydrogen-bond donors (Lipinski definition) is 2. The molecule has 1 saturated heterocycles. The van der Waals surface area contributed by atoms with Crippen LogP contribution in [0.15, 0.2) is 71.2 Å². The second kappa shape index (κ2) is 8.31. The number of nitrogens with one attached hydrogen (secondary N) is 2. The second-order valence-electron chi connectivity index (χ2n) is 8.41. The van der Waals surface area contributed by atoms with Crippen molar-refractivity contribution < 1.29 is 9.53 Å². The molecule has 2 heterocycles. The summed E-state index contributed by atoms with van der Waals surface area (Å²) in [5.41, 5.74) is 2.43. The lowest BCUT2D eigenvalue weighted by Crippen LogP contribution is -2.72. The summed E-state index contributed by atoms with van der Waals surface area (Å²) in [7, 11) is 0. The van der Waals surface area contributed by atoms with Crippen LogP contribution < -0.4 is 20.3 Å². The van der Waals surface area contributed by atoms with E-state index < -0.39 is 11.6 Å². The highest BCUT2D eigenvalue weighted by atomic mass is 79.9. The number of halogens is 2. The molecular formula is C25H21BrClN3O2S. The zero-order valence-electron chi connectivity index (χ0n) is 17.9. The van der Waals surface area contributed by atoms with Gasteiger partial charge in [0.1, 0.15) is 11.7 Å². The van der Waals surface area contributed by atoms with E-state index in [-0.39, 0.29) is 11.9 Å². The molecule has 0 aromatic heterocycles. The summed E-state index contributed by atoms with van der Waals surface area (Å²) < 4.78 is 7.51. The van der Waals surface area contributed by atoms with Gasteiger partial charge >= 0.3 is 0 Å². The van der Waals surface area contributed by atoms with Crippen LogP contribution >= 0.6 is 39.7 Å². The summed E-state index contributed by atoms with van der Waals surface area (Å²) in [6, 6.07) is 20.5. The molecule has 0 radical (unpaired) electrons. The normalized spacial score (nSPS) is 23.3.